The van der Waals surface area contributed by atoms with E-state index in [9.17, 15) is 13.6 Å². The van der Waals surface area contributed by atoms with Gasteiger partial charge < -0.3 is 10.6 Å². The molecule has 22 heavy (non-hydrogen) atoms. The number of carbonyl (C=O) groups is 1. The third kappa shape index (κ3) is 2.28. The number of amides is 1. The lowest BCUT2D eigenvalue weighted by Crippen LogP contribution is -2.22. The zero-order valence-corrected chi connectivity index (χ0v) is 11.9. The molecule has 1 aromatic carbocycles. The van der Waals surface area contributed by atoms with E-state index in [1.807, 2.05) is 11.8 Å². The van der Waals surface area contributed by atoms with Gasteiger partial charge in [-0.2, -0.15) is 0 Å². The van der Waals surface area contributed by atoms with E-state index in [1.54, 1.807) is 0 Å². The average molecular weight is 304 g/mol. The number of primary amides is 1. The summed E-state index contributed by atoms with van der Waals surface area (Å²) in [6.45, 7) is 2.40. The van der Waals surface area contributed by atoms with Crippen LogP contribution in [0, 0.1) is 11.6 Å². The normalized spacial score (nSPS) is 16.7. The van der Waals surface area contributed by atoms with E-state index >= 15 is 0 Å². The molecule has 0 radical (unpaired) electrons. The highest BCUT2D eigenvalue weighted by Gasteiger charge is 2.31. The zero-order chi connectivity index (χ0) is 15.9. The number of benzene rings is 1. The molecule has 1 aromatic heterocycles. The fourth-order valence-corrected chi connectivity index (χ4v) is 2.82. The Labute approximate surface area is 125 Å². The average Bonchev–Trinajstić information content (AvgIpc) is 2.85. The summed E-state index contributed by atoms with van der Waals surface area (Å²) in [7, 11) is 0. The summed E-state index contributed by atoms with van der Waals surface area (Å²) in [5.41, 5.74) is 7.29. The number of fused-ring (bicyclic) bond motifs is 1. The van der Waals surface area contributed by atoms with Gasteiger partial charge in [-0.25, -0.2) is 18.7 Å². The van der Waals surface area contributed by atoms with Crippen molar-refractivity contribution in [2.45, 2.75) is 25.9 Å². The van der Waals surface area contributed by atoms with Crippen molar-refractivity contribution in [3.8, 4) is 0 Å². The van der Waals surface area contributed by atoms with Crippen LogP contribution < -0.4 is 10.6 Å². The van der Waals surface area contributed by atoms with E-state index in [0.29, 0.717) is 12.2 Å². The summed E-state index contributed by atoms with van der Waals surface area (Å²) in [5.74, 6) is -2.46. The molecule has 1 unspecified atom stereocenters. The van der Waals surface area contributed by atoms with Gasteiger partial charge in [0.25, 0.3) is 5.91 Å². The molecule has 2 heterocycles. The van der Waals surface area contributed by atoms with Crippen LogP contribution in [0.3, 0.4) is 0 Å². The van der Waals surface area contributed by atoms with Gasteiger partial charge >= 0.3 is 0 Å². The Kier molecular flexibility index (Phi) is 3.48. The fourth-order valence-electron chi connectivity index (χ4n) is 2.82. The van der Waals surface area contributed by atoms with Crippen LogP contribution in [0.2, 0.25) is 0 Å². The molecule has 5 nitrogen and oxygen atoms in total. The number of rotatable bonds is 3. The van der Waals surface area contributed by atoms with E-state index < -0.39 is 17.5 Å². The molecule has 0 fully saturated rings. The second-order valence-corrected chi connectivity index (χ2v) is 5.15. The first kappa shape index (κ1) is 14.4. The molecule has 0 aliphatic carbocycles. The first-order chi connectivity index (χ1) is 10.5. The van der Waals surface area contributed by atoms with Gasteiger partial charge in [0.05, 0.1) is 24.1 Å². The van der Waals surface area contributed by atoms with Crippen molar-refractivity contribution in [2.75, 3.05) is 4.90 Å². The molecule has 0 saturated carbocycles. The number of halogens is 2. The highest BCUT2D eigenvalue weighted by Crippen LogP contribution is 2.39. The van der Waals surface area contributed by atoms with Crippen LogP contribution >= 0.6 is 0 Å². The molecule has 2 aromatic rings. The lowest BCUT2D eigenvalue weighted by atomic mass is 10.0. The highest BCUT2D eigenvalue weighted by molar-refractivity contribution is 5.88. The molecule has 0 saturated heterocycles. The first-order valence-electron chi connectivity index (χ1n) is 6.87. The van der Waals surface area contributed by atoms with Gasteiger partial charge in [-0.15, -0.1) is 0 Å². The van der Waals surface area contributed by atoms with Gasteiger partial charge in [-0.05, 0) is 29.7 Å². The molecule has 0 bridgehead atoms. The number of aromatic nitrogens is 2. The second-order valence-electron chi connectivity index (χ2n) is 5.15. The number of hydrogen-bond donors (Lipinski definition) is 1. The fraction of sp³-hybridized carbons (Fsp3) is 0.267. The SMILES string of the molecule is CCC1c2cc(F)c(F)cc2CN1c1cnc(C(N)=O)nc1. The van der Waals surface area contributed by atoms with Crippen molar-refractivity contribution >= 4 is 11.6 Å². The van der Waals surface area contributed by atoms with Crippen molar-refractivity contribution in [3.63, 3.8) is 0 Å². The lowest BCUT2D eigenvalue weighted by molar-refractivity contribution is 0.0990. The molecular formula is C15H14F2N4O. The number of carbonyl (C=O) groups excluding carboxylic acids is 1. The molecule has 3 rings (SSSR count). The van der Waals surface area contributed by atoms with E-state index in [-0.39, 0.29) is 11.9 Å². The number of anilines is 1. The van der Waals surface area contributed by atoms with Gasteiger partial charge in [-0.3, -0.25) is 4.79 Å². The van der Waals surface area contributed by atoms with E-state index in [2.05, 4.69) is 9.97 Å². The molecule has 1 amide bonds. The van der Waals surface area contributed by atoms with E-state index in [0.717, 1.165) is 17.5 Å². The maximum Gasteiger partial charge on any atom is 0.286 e. The number of nitrogens with zero attached hydrogens (tertiary/aromatic N) is 3. The zero-order valence-electron chi connectivity index (χ0n) is 11.9. The summed E-state index contributed by atoms with van der Waals surface area (Å²) in [5, 5.41) is 0. The van der Waals surface area contributed by atoms with Gasteiger partial charge in [-0.1, -0.05) is 6.92 Å². The molecule has 1 aliphatic heterocycles. The molecule has 2 N–H and O–H groups in total. The number of hydrogen-bond acceptors (Lipinski definition) is 4. The Morgan fingerprint density at radius 1 is 1.32 bits per heavy atom. The summed E-state index contributed by atoms with van der Waals surface area (Å²) in [6.07, 6.45) is 3.71. The van der Waals surface area contributed by atoms with Crippen molar-refractivity contribution in [1.82, 2.24) is 9.97 Å². The minimum absolute atomic E-state index is 0.0643. The third-order valence-electron chi connectivity index (χ3n) is 3.83. The summed E-state index contributed by atoms with van der Waals surface area (Å²) in [6, 6.07) is 2.39. The van der Waals surface area contributed by atoms with Gasteiger partial charge in [0.15, 0.2) is 11.6 Å². The third-order valence-corrected chi connectivity index (χ3v) is 3.83. The highest BCUT2D eigenvalue weighted by atomic mass is 19.2. The predicted molar refractivity (Wildman–Crippen MR) is 76.1 cm³/mol. The largest absolute Gasteiger partial charge is 0.363 e. The van der Waals surface area contributed by atoms with Gasteiger partial charge in [0.1, 0.15) is 0 Å². The van der Waals surface area contributed by atoms with Gasteiger partial charge in [0, 0.05) is 6.54 Å². The molecular weight excluding hydrogens is 290 g/mol. The number of nitrogens with two attached hydrogens (primary N) is 1. The lowest BCUT2D eigenvalue weighted by Gasteiger charge is -2.25. The van der Waals surface area contributed by atoms with Crippen LogP contribution in [0.25, 0.3) is 0 Å². The second kappa shape index (κ2) is 5.32. The van der Waals surface area contributed by atoms with Crippen LogP contribution in [0.5, 0.6) is 0 Å². The summed E-state index contributed by atoms with van der Waals surface area (Å²) >= 11 is 0. The smallest absolute Gasteiger partial charge is 0.286 e. The Morgan fingerprint density at radius 2 is 1.95 bits per heavy atom. The van der Waals surface area contributed by atoms with E-state index in [4.69, 9.17) is 5.73 Å². The Bertz CT molecular complexity index is 733. The minimum atomic E-state index is -0.851. The Morgan fingerprint density at radius 3 is 2.55 bits per heavy atom. The predicted octanol–water partition coefficient (Wildman–Crippen LogP) is 2.33. The van der Waals surface area contributed by atoms with Crippen molar-refractivity contribution in [3.05, 3.63) is 53.1 Å². The topological polar surface area (TPSA) is 72.1 Å². The van der Waals surface area contributed by atoms with Crippen LogP contribution in [-0.2, 0) is 6.54 Å². The molecule has 1 atom stereocenters. The van der Waals surface area contributed by atoms with Gasteiger partial charge in [0.2, 0.25) is 5.82 Å². The van der Waals surface area contributed by atoms with Crippen LogP contribution in [0.1, 0.15) is 41.1 Å². The molecule has 0 spiro atoms. The maximum absolute atomic E-state index is 13.5. The van der Waals surface area contributed by atoms with Crippen molar-refractivity contribution < 1.29 is 13.6 Å². The van der Waals surface area contributed by atoms with Crippen LogP contribution in [0.4, 0.5) is 14.5 Å². The molecule has 114 valence electrons. The molecule has 1 aliphatic rings. The maximum atomic E-state index is 13.5. The van der Waals surface area contributed by atoms with Crippen molar-refractivity contribution in [1.29, 1.82) is 0 Å². The summed E-state index contributed by atoms with van der Waals surface area (Å²) in [4.78, 5) is 20.8. The standard InChI is InChI=1S/C15H14F2N4O/c1-2-13-10-4-12(17)11(16)3-8(10)7-21(13)9-5-19-15(14(18)22)20-6-9/h3-6,13H,2,7H2,1H3,(H2,18,22). The molecule has 7 heteroatoms. The van der Waals surface area contributed by atoms with Crippen LogP contribution in [0.15, 0.2) is 24.5 Å². The van der Waals surface area contributed by atoms with E-state index in [1.165, 1.54) is 24.5 Å². The van der Waals surface area contributed by atoms with Crippen molar-refractivity contribution in [2.24, 2.45) is 5.73 Å². The first-order valence-corrected chi connectivity index (χ1v) is 6.87. The quantitative estimate of drug-likeness (QED) is 0.944. The summed E-state index contributed by atoms with van der Waals surface area (Å²) < 4.78 is 26.9. The van der Waals surface area contributed by atoms with Crippen LogP contribution in [-0.4, -0.2) is 15.9 Å². The minimum Gasteiger partial charge on any atom is -0.363 e. The Balaban J connectivity index is 1.97. The Hall–Kier alpha value is -2.57. The monoisotopic (exact) mass is 304 g/mol.